The molecule has 3 aromatic rings. The van der Waals surface area contributed by atoms with Crippen LogP contribution in [-0.4, -0.2) is 9.55 Å². The number of aromatic nitrogens is 2. The highest BCUT2D eigenvalue weighted by molar-refractivity contribution is 5.85. The zero-order chi connectivity index (χ0) is 13.6. The molecule has 0 spiro atoms. The summed E-state index contributed by atoms with van der Waals surface area (Å²) in [5, 5.41) is 0. The minimum absolute atomic E-state index is 0.351. The van der Waals surface area contributed by atoms with E-state index in [0.29, 0.717) is 17.1 Å². The van der Waals surface area contributed by atoms with Gasteiger partial charge in [-0.05, 0) is 30.7 Å². The van der Waals surface area contributed by atoms with Crippen LogP contribution >= 0.6 is 0 Å². The average molecular weight is 255 g/mol. The van der Waals surface area contributed by atoms with Crippen molar-refractivity contribution < 1.29 is 4.39 Å². The first-order valence-electron chi connectivity index (χ1n) is 6.06. The van der Waals surface area contributed by atoms with Crippen LogP contribution in [0.25, 0.3) is 22.4 Å². The fraction of sp³-hybridized carbons (Fsp3) is 0.133. The molecule has 0 bridgehead atoms. The number of para-hydroxylation sites is 1. The number of rotatable bonds is 1. The van der Waals surface area contributed by atoms with E-state index in [1.807, 2.05) is 36.7 Å². The molecule has 0 radical (unpaired) electrons. The van der Waals surface area contributed by atoms with Crippen molar-refractivity contribution in [1.29, 1.82) is 0 Å². The number of halogens is 1. The first-order chi connectivity index (χ1) is 9.09. The number of nitrogens with zero attached hydrogens (tertiary/aromatic N) is 2. The fourth-order valence-electron chi connectivity index (χ4n) is 2.47. The molecule has 2 N–H and O–H groups in total. The van der Waals surface area contributed by atoms with E-state index in [4.69, 9.17) is 5.73 Å². The van der Waals surface area contributed by atoms with Crippen molar-refractivity contribution in [2.24, 2.45) is 7.05 Å². The van der Waals surface area contributed by atoms with Crippen molar-refractivity contribution in [3.05, 3.63) is 47.8 Å². The molecule has 0 amide bonds. The summed E-state index contributed by atoms with van der Waals surface area (Å²) in [7, 11) is 1.88. The lowest BCUT2D eigenvalue weighted by Gasteiger charge is -2.07. The third-order valence-corrected chi connectivity index (χ3v) is 3.37. The summed E-state index contributed by atoms with van der Waals surface area (Å²) >= 11 is 0. The Bertz CT molecular complexity index is 754. The van der Waals surface area contributed by atoms with Crippen LogP contribution in [0, 0.1) is 12.7 Å². The summed E-state index contributed by atoms with van der Waals surface area (Å²) in [5.74, 6) is 0.205. The Balaban J connectivity index is 2.38. The summed E-state index contributed by atoms with van der Waals surface area (Å²) < 4.78 is 15.9. The molecule has 0 fully saturated rings. The molecule has 0 saturated heterocycles. The quantitative estimate of drug-likeness (QED) is 0.678. The van der Waals surface area contributed by atoms with Crippen molar-refractivity contribution >= 4 is 16.7 Å². The molecular formula is C15H14FN3. The molecular weight excluding hydrogens is 241 g/mol. The van der Waals surface area contributed by atoms with Gasteiger partial charge in [-0.2, -0.15) is 0 Å². The summed E-state index contributed by atoms with van der Waals surface area (Å²) in [6, 6.07) is 10.6. The van der Waals surface area contributed by atoms with E-state index in [9.17, 15) is 4.39 Å². The highest BCUT2D eigenvalue weighted by Gasteiger charge is 2.16. The zero-order valence-corrected chi connectivity index (χ0v) is 10.8. The maximum absolute atomic E-state index is 14.0. The molecule has 2 aromatic carbocycles. The third-order valence-electron chi connectivity index (χ3n) is 3.37. The monoisotopic (exact) mass is 255 g/mol. The van der Waals surface area contributed by atoms with Gasteiger partial charge in [-0.3, -0.25) is 0 Å². The van der Waals surface area contributed by atoms with E-state index < -0.39 is 0 Å². The van der Waals surface area contributed by atoms with Crippen LogP contribution in [0.5, 0.6) is 0 Å². The number of anilines is 1. The first-order valence-corrected chi connectivity index (χ1v) is 6.06. The number of hydrogen-bond acceptors (Lipinski definition) is 2. The Hall–Kier alpha value is -2.36. The van der Waals surface area contributed by atoms with Gasteiger partial charge in [-0.25, -0.2) is 9.37 Å². The molecule has 0 aliphatic rings. The van der Waals surface area contributed by atoms with Gasteiger partial charge in [0.25, 0.3) is 0 Å². The lowest BCUT2D eigenvalue weighted by atomic mass is 10.1. The van der Waals surface area contributed by atoms with E-state index in [2.05, 4.69) is 4.98 Å². The topological polar surface area (TPSA) is 43.8 Å². The molecule has 0 aliphatic carbocycles. The molecule has 0 saturated carbocycles. The van der Waals surface area contributed by atoms with Crippen molar-refractivity contribution in [2.45, 2.75) is 6.92 Å². The molecule has 0 atom stereocenters. The van der Waals surface area contributed by atoms with Crippen molar-refractivity contribution in [3.63, 3.8) is 0 Å². The highest BCUT2D eigenvalue weighted by Crippen LogP contribution is 2.31. The Labute approximate surface area is 110 Å². The van der Waals surface area contributed by atoms with Gasteiger partial charge in [-0.15, -0.1) is 0 Å². The lowest BCUT2D eigenvalue weighted by Crippen LogP contribution is -1.99. The molecule has 3 nitrogen and oxygen atoms in total. The fourth-order valence-corrected chi connectivity index (χ4v) is 2.47. The number of aryl methyl sites for hydroxylation is 2. The second-order valence-electron chi connectivity index (χ2n) is 4.64. The summed E-state index contributed by atoms with van der Waals surface area (Å²) in [6.07, 6.45) is 0. The maximum Gasteiger partial charge on any atom is 0.145 e. The van der Waals surface area contributed by atoms with E-state index >= 15 is 0 Å². The maximum atomic E-state index is 14.0. The third kappa shape index (κ3) is 1.68. The predicted molar refractivity (Wildman–Crippen MR) is 75.3 cm³/mol. The van der Waals surface area contributed by atoms with Gasteiger partial charge in [0.1, 0.15) is 11.6 Å². The van der Waals surface area contributed by atoms with Crippen LogP contribution in [-0.2, 0) is 7.05 Å². The van der Waals surface area contributed by atoms with E-state index in [-0.39, 0.29) is 5.82 Å². The lowest BCUT2D eigenvalue weighted by molar-refractivity contribution is 0.629. The van der Waals surface area contributed by atoms with Gasteiger partial charge in [0.15, 0.2) is 0 Å². The van der Waals surface area contributed by atoms with Crippen molar-refractivity contribution in [2.75, 3.05) is 5.73 Å². The molecule has 0 aliphatic heterocycles. The molecule has 1 aromatic heterocycles. The molecule has 0 unspecified atom stereocenters. The van der Waals surface area contributed by atoms with Crippen LogP contribution in [0.15, 0.2) is 36.4 Å². The van der Waals surface area contributed by atoms with Crippen LogP contribution in [0.2, 0.25) is 0 Å². The molecule has 19 heavy (non-hydrogen) atoms. The Morgan fingerprint density at radius 1 is 1.16 bits per heavy atom. The highest BCUT2D eigenvalue weighted by atomic mass is 19.1. The van der Waals surface area contributed by atoms with Crippen molar-refractivity contribution in [1.82, 2.24) is 9.55 Å². The Morgan fingerprint density at radius 2 is 1.89 bits per heavy atom. The van der Waals surface area contributed by atoms with Crippen LogP contribution < -0.4 is 5.73 Å². The first kappa shape index (κ1) is 11.7. The van der Waals surface area contributed by atoms with E-state index in [1.165, 1.54) is 6.07 Å². The smallest absolute Gasteiger partial charge is 0.145 e. The number of imidazole rings is 1. The summed E-state index contributed by atoms with van der Waals surface area (Å²) in [5.41, 5.74) is 9.60. The largest absolute Gasteiger partial charge is 0.398 e. The van der Waals surface area contributed by atoms with Crippen LogP contribution in [0.3, 0.4) is 0 Å². The Kier molecular flexibility index (Phi) is 2.52. The average Bonchev–Trinajstić information content (AvgIpc) is 2.68. The molecule has 1 heterocycles. The number of fused-ring (bicyclic) bond motifs is 1. The normalized spacial score (nSPS) is 11.1. The van der Waals surface area contributed by atoms with Gasteiger partial charge in [-0.1, -0.05) is 18.2 Å². The van der Waals surface area contributed by atoms with Crippen LogP contribution in [0.1, 0.15) is 5.56 Å². The second kappa shape index (κ2) is 4.09. The minimum Gasteiger partial charge on any atom is -0.398 e. The van der Waals surface area contributed by atoms with Gasteiger partial charge in [0, 0.05) is 12.7 Å². The number of nitrogen functional groups attached to an aromatic ring is 1. The number of hydrogen-bond donors (Lipinski definition) is 1. The van der Waals surface area contributed by atoms with Crippen LogP contribution in [0.4, 0.5) is 10.1 Å². The standard InChI is InChI=1S/C15H14FN3/c1-9-5-3-8-12-14(9)19(2)15(18-12)13-10(16)6-4-7-11(13)17/h3-8H,17H2,1-2H3. The molecule has 3 rings (SSSR count). The summed E-state index contributed by atoms with van der Waals surface area (Å²) in [4.78, 5) is 4.51. The van der Waals surface area contributed by atoms with E-state index in [0.717, 1.165) is 16.6 Å². The van der Waals surface area contributed by atoms with Gasteiger partial charge >= 0.3 is 0 Å². The number of benzene rings is 2. The van der Waals surface area contributed by atoms with Gasteiger partial charge < -0.3 is 10.3 Å². The number of nitrogens with two attached hydrogens (primary N) is 1. The van der Waals surface area contributed by atoms with Gasteiger partial charge in [0.2, 0.25) is 0 Å². The van der Waals surface area contributed by atoms with E-state index in [1.54, 1.807) is 12.1 Å². The molecule has 96 valence electrons. The minimum atomic E-state index is -0.351. The summed E-state index contributed by atoms with van der Waals surface area (Å²) in [6.45, 7) is 2.01. The van der Waals surface area contributed by atoms with Gasteiger partial charge in [0.05, 0.1) is 16.6 Å². The molecule has 4 heteroatoms. The SMILES string of the molecule is Cc1cccc2nc(-c3c(N)cccc3F)n(C)c12. The second-order valence-corrected chi connectivity index (χ2v) is 4.64. The predicted octanol–water partition coefficient (Wildman–Crippen LogP) is 3.27. The van der Waals surface area contributed by atoms with Crippen molar-refractivity contribution in [3.8, 4) is 11.4 Å². The zero-order valence-electron chi connectivity index (χ0n) is 10.8. The Morgan fingerprint density at radius 3 is 2.58 bits per heavy atom.